The van der Waals surface area contributed by atoms with Crippen LogP contribution in [0.2, 0.25) is 0 Å². The van der Waals surface area contributed by atoms with Crippen molar-refractivity contribution in [2.24, 2.45) is 7.05 Å². The molecule has 4 rings (SSSR count). The number of nitrogens with one attached hydrogen (secondary N) is 2. The summed E-state index contributed by atoms with van der Waals surface area (Å²) in [6.45, 7) is 5.78. The molecule has 32 heavy (non-hydrogen) atoms. The number of para-hydroxylation sites is 2. The molecule has 9 nitrogen and oxygen atoms in total. The molecule has 0 atom stereocenters. The van der Waals surface area contributed by atoms with E-state index in [4.69, 9.17) is 4.74 Å². The summed E-state index contributed by atoms with van der Waals surface area (Å²) in [4.78, 5) is 32.4. The van der Waals surface area contributed by atoms with Gasteiger partial charge in [0, 0.05) is 31.1 Å². The van der Waals surface area contributed by atoms with Gasteiger partial charge < -0.3 is 15.0 Å². The molecule has 0 aliphatic carbocycles. The van der Waals surface area contributed by atoms with Crippen LogP contribution in [0.15, 0.2) is 35.3 Å². The maximum absolute atomic E-state index is 12.8. The van der Waals surface area contributed by atoms with Crippen molar-refractivity contribution in [2.45, 2.75) is 33.6 Å². The minimum atomic E-state index is -0.250. The summed E-state index contributed by atoms with van der Waals surface area (Å²) in [6, 6.07) is 7.25. The maximum Gasteiger partial charge on any atom is 0.330 e. The minimum absolute atomic E-state index is 0.143. The fourth-order valence-corrected chi connectivity index (χ4v) is 4.09. The van der Waals surface area contributed by atoms with E-state index in [-0.39, 0.29) is 18.0 Å². The van der Waals surface area contributed by atoms with Crippen molar-refractivity contribution in [2.75, 3.05) is 12.4 Å². The number of benzene rings is 1. The predicted octanol–water partition coefficient (Wildman–Crippen LogP) is 2.95. The lowest BCUT2D eigenvalue weighted by Crippen LogP contribution is -2.20. The van der Waals surface area contributed by atoms with Gasteiger partial charge in [0.05, 0.1) is 23.9 Å². The van der Waals surface area contributed by atoms with Crippen LogP contribution in [-0.2, 0) is 18.3 Å². The van der Waals surface area contributed by atoms with Crippen molar-refractivity contribution in [3.63, 3.8) is 0 Å². The van der Waals surface area contributed by atoms with Crippen LogP contribution in [0, 0.1) is 20.8 Å². The average Bonchev–Trinajstić information content (AvgIpc) is 3.26. The van der Waals surface area contributed by atoms with Gasteiger partial charge in [-0.3, -0.25) is 9.36 Å². The Morgan fingerprint density at radius 2 is 1.97 bits per heavy atom. The van der Waals surface area contributed by atoms with E-state index in [0.29, 0.717) is 23.7 Å². The summed E-state index contributed by atoms with van der Waals surface area (Å²) in [6.07, 6.45) is 2.44. The topological polar surface area (TPSA) is 107 Å². The van der Waals surface area contributed by atoms with Crippen molar-refractivity contribution in [1.29, 1.82) is 0 Å². The van der Waals surface area contributed by atoms with Gasteiger partial charge in [0.25, 0.3) is 0 Å². The maximum atomic E-state index is 12.8. The number of fused-ring (bicyclic) bond motifs is 1. The van der Waals surface area contributed by atoms with E-state index >= 15 is 0 Å². The normalized spacial score (nSPS) is 11.2. The molecule has 4 aromatic rings. The molecular formula is C23H26N6O3. The van der Waals surface area contributed by atoms with E-state index in [1.807, 2.05) is 40.0 Å². The predicted molar refractivity (Wildman–Crippen MR) is 123 cm³/mol. The minimum Gasteiger partial charge on any atom is -0.479 e. The number of hydrogen-bond acceptors (Lipinski definition) is 5. The first-order chi connectivity index (χ1) is 15.3. The Balaban J connectivity index is 1.58. The van der Waals surface area contributed by atoms with Crippen LogP contribution >= 0.6 is 0 Å². The Hall–Kier alpha value is -3.88. The van der Waals surface area contributed by atoms with Crippen molar-refractivity contribution in [3.05, 3.63) is 63.5 Å². The summed E-state index contributed by atoms with van der Waals surface area (Å²) in [5, 5.41) is 8.19. The Morgan fingerprint density at radius 1 is 1.22 bits per heavy atom. The highest BCUT2D eigenvalue weighted by molar-refractivity contribution is 5.93. The number of rotatable bonds is 6. The highest BCUT2D eigenvalue weighted by Crippen LogP contribution is 2.30. The van der Waals surface area contributed by atoms with Gasteiger partial charge in [0.2, 0.25) is 11.8 Å². The number of aryl methyl sites for hydroxylation is 4. The van der Waals surface area contributed by atoms with E-state index in [2.05, 4.69) is 20.4 Å². The molecule has 3 heterocycles. The van der Waals surface area contributed by atoms with Gasteiger partial charge in [-0.2, -0.15) is 0 Å². The number of hydrogen-bond donors (Lipinski definition) is 2. The van der Waals surface area contributed by atoms with Crippen LogP contribution in [-0.4, -0.2) is 37.3 Å². The molecule has 0 spiro atoms. The quantitative estimate of drug-likeness (QED) is 0.485. The number of amides is 1. The number of aromatic nitrogens is 5. The Morgan fingerprint density at radius 3 is 2.66 bits per heavy atom. The van der Waals surface area contributed by atoms with Gasteiger partial charge in [-0.05, 0) is 50.5 Å². The number of carbonyl (C=O) groups is 1. The molecule has 0 saturated heterocycles. The van der Waals surface area contributed by atoms with Crippen LogP contribution in [0.3, 0.4) is 0 Å². The Labute approximate surface area is 185 Å². The third-order valence-electron chi connectivity index (χ3n) is 5.70. The zero-order chi connectivity index (χ0) is 23.0. The standard InChI is InChI=1S/C23H26N6O3/c1-13-12-24-23(31)29(13)18-9-7-6-8-17(18)26-19(30)11-10-16-14(2)20-21(25-15(16)3)28(4)27-22(20)32-5/h6-9,12H,10-11H2,1-5H3,(H,24,31)(H,26,30). The van der Waals surface area contributed by atoms with Gasteiger partial charge in [-0.15, -0.1) is 5.10 Å². The first kappa shape index (κ1) is 21.4. The average molecular weight is 435 g/mol. The highest BCUT2D eigenvalue weighted by Gasteiger charge is 2.19. The van der Waals surface area contributed by atoms with Crippen molar-refractivity contribution < 1.29 is 9.53 Å². The van der Waals surface area contributed by atoms with Crippen molar-refractivity contribution in [1.82, 2.24) is 24.3 Å². The second-order valence-corrected chi connectivity index (χ2v) is 7.77. The Kier molecular flexibility index (Phi) is 5.56. The molecular weight excluding hydrogens is 408 g/mol. The first-order valence-electron chi connectivity index (χ1n) is 10.3. The number of aromatic amines is 1. The van der Waals surface area contributed by atoms with Crippen LogP contribution < -0.4 is 15.7 Å². The number of H-pyrrole nitrogens is 1. The fourth-order valence-electron chi connectivity index (χ4n) is 4.09. The molecule has 1 aromatic carbocycles. The third kappa shape index (κ3) is 3.66. The molecule has 0 unspecified atom stereocenters. The van der Waals surface area contributed by atoms with Crippen LogP contribution in [0.1, 0.15) is 28.9 Å². The fraction of sp³-hybridized carbons (Fsp3) is 0.304. The van der Waals surface area contributed by atoms with E-state index in [9.17, 15) is 9.59 Å². The number of methoxy groups -OCH3 is 1. The monoisotopic (exact) mass is 434 g/mol. The van der Waals surface area contributed by atoms with E-state index < -0.39 is 0 Å². The molecule has 166 valence electrons. The molecule has 2 N–H and O–H groups in total. The Bertz CT molecular complexity index is 1380. The summed E-state index contributed by atoms with van der Waals surface area (Å²) < 4.78 is 8.65. The zero-order valence-corrected chi connectivity index (χ0v) is 18.8. The lowest BCUT2D eigenvalue weighted by atomic mass is 10.00. The molecule has 9 heteroatoms. The highest BCUT2D eigenvalue weighted by atomic mass is 16.5. The SMILES string of the molecule is COc1nn(C)c2nc(C)c(CCC(=O)Nc3ccccc3-n3c(C)c[nH]c3=O)c(C)c12. The van der Waals surface area contributed by atoms with Crippen LogP contribution in [0.4, 0.5) is 5.69 Å². The van der Waals surface area contributed by atoms with Gasteiger partial charge in [-0.25, -0.2) is 14.5 Å². The molecule has 0 radical (unpaired) electrons. The van der Waals surface area contributed by atoms with Crippen molar-refractivity contribution >= 4 is 22.6 Å². The van der Waals surface area contributed by atoms with E-state index in [1.54, 1.807) is 30.1 Å². The third-order valence-corrected chi connectivity index (χ3v) is 5.70. The summed E-state index contributed by atoms with van der Waals surface area (Å²) in [7, 11) is 3.42. The lowest BCUT2D eigenvalue weighted by Gasteiger charge is -2.14. The van der Waals surface area contributed by atoms with Crippen LogP contribution in [0.5, 0.6) is 5.88 Å². The molecule has 0 aliphatic rings. The number of ether oxygens (including phenoxy) is 1. The largest absolute Gasteiger partial charge is 0.479 e. The number of carbonyl (C=O) groups excluding carboxylic acids is 1. The van der Waals surface area contributed by atoms with Crippen molar-refractivity contribution in [3.8, 4) is 11.6 Å². The molecule has 3 aromatic heterocycles. The first-order valence-corrected chi connectivity index (χ1v) is 10.3. The molecule has 0 aliphatic heterocycles. The number of imidazole rings is 1. The van der Waals surface area contributed by atoms with Gasteiger partial charge in [0.1, 0.15) is 0 Å². The van der Waals surface area contributed by atoms with E-state index in [1.165, 1.54) is 4.57 Å². The van der Waals surface area contributed by atoms with Gasteiger partial charge >= 0.3 is 5.69 Å². The number of anilines is 1. The molecule has 0 saturated carbocycles. The van der Waals surface area contributed by atoms with Crippen LogP contribution in [0.25, 0.3) is 16.7 Å². The summed E-state index contributed by atoms with van der Waals surface area (Å²) >= 11 is 0. The second kappa shape index (κ2) is 8.33. The molecule has 0 fully saturated rings. The summed E-state index contributed by atoms with van der Waals surface area (Å²) in [5.41, 5.74) is 5.35. The molecule has 1 amide bonds. The van der Waals surface area contributed by atoms with E-state index in [0.717, 1.165) is 33.5 Å². The van der Waals surface area contributed by atoms with Gasteiger partial charge in [-0.1, -0.05) is 12.1 Å². The molecule has 0 bridgehead atoms. The number of pyridine rings is 1. The zero-order valence-electron chi connectivity index (χ0n) is 18.8. The second-order valence-electron chi connectivity index (χ2n) is 7.77. The summed E-state index contributed by atoms with van der Waals surface area (Å²) in [5.74, 6) is 0.384. The van der Waals surface area contributed by atoms with Gasteiger partial charge in [0.15, 0.2) is 5.65 Å². The number of nitrogens with zero attached hydrogens (tertiary/aromatic N) is 4. The lowest BCUT2D eigenvalue weighted by molar-refractivity contribution is -0.116. The smallest absolute Gasteiger partial charge is 0.330 e.